The van der Waals surface area contributed by atoms with Crippen molar-refractivity contribution in [3.05, 3.63) is 48.8 Å². The van der Waals surface area contributed by atoms with Crippen LogP contribution in [0.1, 0.15) is 12.8 Å². The molecule has 0 spiro atoms. The maximum atomic E-state index is 11.8. The molecule has 0 saturated carbocycles. The van der Waals surface area contributed by atoms with Crippen LogP contribution in [-0.4, -0.2) is 28.9 Å². The molecule has 6 nitrogen and oxygen atoms in total. The predicted octanol–water partition coefficient (Wildman–Crippen LogP) is 2.69. The van der Waals surface area contributed by atoms with Crippen LogP contribution in [0, 0.1) is 0 Å². The van der Waals surface area contributed by atoms with Crippen molar-refractivity contribution in [3.8, 4) is 17.0 Å². The largest absolute Gasteiger partial charge is 0.497 e. The summed E-state index contributed by atoms with van der Waals surface area (Å²) in [7, 11) is 1.64. The van der Waals surface area contributed by atoms with Gasteiger partial charge in [0.15, 0.2) is 0 Å². The number of benzene rings is 1. The molecule has 3 aromatic rings. The fourth-order valence-electron chi connectivity index (χ4n) is 2.45. The van der Waals surface area contributed by atoms with Crippen LogP contribution >= 0.6 is 0 Å². The number of imidazole rings is 1. The van der Waals surface area contributed by atoms with Gasteiger partial charge in [-0.1, -0.05) is 0 Å². The maximum Gasteiger partial charge on any atom is 0.224 e. The number of pyridine rings is 1. The zero-order valence-electron chi connectivity index (χ0n) is 13.5. The summed E-state index contributed by atoms with van der Waals surface area (Å²) in [6, 6.07) is 11.5. The summed E-state index contributed by atoms with van der Waals surface area (Å²) in [5.41, 5.74) is 8.85. The molecule has 3 N–H and O–H groups in total. The Hall–Kier alpha value is -2.86. The van der Waals surface area contributed by atoms with E-state index in [1.165, 1.54) is 0 Å². The van der Waals surface area contributed by atoms with Gasteiger partial charge in [-0.2, -0.15) is 0 Å². The van der Waals surface area contributed by atoms with Crippen molar-refractivity contribution >= 4 is 17.2 Å². The van der Waals surface area contributed by atoms with E-state index in [1.807, 2.05) is 53.2 Å². The van der Waals surface area contributed by atoms with Crippen LogP contribution < -0.4 is 15.8 Å². The van der Waals surface area contributed by atoms with Crippen LogP contribution in [0.5, 0.6) is 5.75 Å². The van der Waals surface area contributed by atoms with Crippen molar-refractivity contribution in [2.24, 2.45) is 5.73 Å². The maximum absolute atomic E-state index is 11.8. The molecule has 0 bridgehead atoms. The van der Waals surface area contributed by atoms with E-state index in [1.54, 1.807) is 7.11 Å². The molecule has 0 aliphatic rings. The molecule has 2 aromatic heterocycles. The van der Waals surface area contributed by atoms with E-state index < -0.39 is 0 Å². The Bertz CT molecular complexity index is 840. The Morgan fingerprint density at radius 2 is 2.00 bits per heavy atom. The molecule has 124 valence electrons. The average Bonchev–Trinajstić information content (AvgIpc) is 3.03. The van der Waals surface area contributed by atoms with Gasteiger partial charge in [0.25, 0.3) is 0 Å². The van der Waals surface area contributed by atoms with Crippen LogP contribution in [0.3, 0.4) is 0 Å². The minimum Gasteiger partial charge on any atom is -0.497 e. The fraction of sp³-hybridized carbons (Fsp3) is 0.222. The molecule has 3 rings (SSSR count). The van der Waals surface area contributed by atoms with E-state index in [2.05, 4.69) is 10.3 Å². The molecular formula is C18H20N4O2. The van der Waals surface area contributed by atoms with Gasteiger partial charge >= 0.3 is 0 Å². The van der Waals surface area contributed by atoms with Gasteiger partial charge in [0.1, 0.15) is 11.4 Å². The second-order valence-corrected chi connectivity index (χ2v) is 5.48. The molecule has 24 heavy (non-hydrogen) atoms. The number of fused-ring (bicyclic) bond motifs is 1. The van der Waals surface area contributed by atoms with Gasteiger partial charge in [-0.05, 0) is 49.4 Å². The van der Waals surface area contributed by atoms with Crippen molar-refractivity contribution in [2.45, 2.75) is 12.8 Å². The molecule has 0 atom stereocenters. The third-order valence-electron chi connectivity index (χ3n) is 3.73. The average molecular weight is 324 g/mol. The molecule has 0 saturated heterocycles. The number of rotatable bonds is 6. The zero-order chi connectivity index (χ0) is 16.9. The van der Waals surface area contributed by atoms with Gasteiger partial charge in [0, 0.05) is 24.4 Å². The highest BCUT2D eigenvalue weighted by molar-refractivity contribution is 5.90. The molecule has 0 radical (unpaired) electrons. The summed E-state index contributed by atoms with van der Waals surface area (Å²) in [5, 5.41) is 2.87. The highest BCUT2D eigenvalue weighted by Gasteiger charge is 2.07. The lowest BCUT2D eigenvalue weighted by molar-refractivity contribution is -0.116. The Morgan fingerprint density at radius 3 is 2.71 bits per heavy atom. The van der Waals surface area contributed by atoms with Gasteiger partial charge in [-0.25, -0.2) is 4.98 Å². The molecule has 0 unspecified atom stereocenters. The lowest BCUT2D eigenvalue weighted by Gasteiger charge is -2.05. The van der Waals surface area contributed by atoms with E-state index in [0.717, 1.165) is 28.3 Å². The normalized spacial score (nSPS) is 10.8. The number of carbonyl (C=O) groups excluding carboxylic acids is 1. The first kappa shape index (κ1) is 16.0. The number of anilines is 1. The summed E-state index contributed by atoms with van der Waals surface area (Å²) in [5.74, 6) is 0.778. The first-order chi connectivity index (χ1) is 11.7. The second kappa shape index (κ2) is 7.14. The smallest absolute Gasteiger partial charge is 0.224 e. The molecule has 0 aliphatic carbocycles. The number of nitrogens with two attached hydrogens (primary N) is 1. The summed E-state index contributed by atoms with van der Waals surface area (Å²) in [6.07, 6.45) is 4.90. The number of methoxy groups -OCH3 is 1. The molecule has 6 heteroatoms. The minimum atomic E-state index is -0.0321. The lowest BCUT2D eigenvalue weighted by atomic mass is 10.2. The van der Waals surface area contributed by atoms with Crippen molar-refractivity contribution in [1.82, 2.24) is 9.38 Å². The number of aromatic nitrogens is 2. The van der Waals surface area contributed by atoms with Gasteiger partial charge in [-0.3, -0.25) is 4.79 Å². The monoisotopic (exact) mass is 324 g/mol. The predicted molar refractivity (Wildman–Crippen MR) is 94.1 cm³/mol. The standard InChI is InChI=1S/C18H20N4O2/c1-24-15-7-4-13(5-8-15)16-12-22-11-14(6-9-17(22)21-16)20-18(23)3-2-10-19/h4-9,11-12H,2-3,10,19H2,1H3,(H,20,23). The van der Waals surface area contributed by atoms with E-state index in [9.17, 15) is 4.79 Å². The van der Waals surface area contributed by atoms with Crippen molar-refractivity contribution in [1.29, 1.82) is 0 Å². The Morgan fingerprint density at radius 1 is 1.21 bits per heavy atom. The molecule has 0 aliphatic heterocycles. The summed E-state index contributed by atoms with van der Waals surface area (Å²) in [6.45, 7) is 0.513. The third kappa shape index (κ3) is 3.55. The molecule has 0 fully saturated rings. The fourth-order valence-corrected chi connectivity index (χ4v) is 2.45. The Kier molecular flexibility index (Phi) is 4.77. The van der Waals surface area contributed by atoms with E-state index in [0.29, 0.717) is 19.4 Å². The van der Waals surface area contributed by atoms with Crippen molar-refractivity contribution in [3.63, 3.8) is 0 Å². The van der Waals surface area contributed by atoms with Crippen LogP contribution in [-0.2, 0) is 4.79 Å². The van der Waals surface area contributed by atoms with Crippen LogP contribution in [0.15, 0.2) is 48.8 Å². The molecular weight excluding hydrogens is 304 g/mol. The number of hydrogen-bond donors (Lipinski definition) is 2. The number of amides is 1. The van der Waals surface area contributed by atoms with Crippen molar-refractivity contribution in [2.75, 3.05) is 19.0 Å². The second-order valence-electron chi connectivity index (χ2n) is 5.48. The van der Waals surface area contributed by atoms with Crippen LogP contribution in [0.2, 0.25) is 0 Å². The SMILES string of the molecule is COc1ccc(-c2cn3cc(NC(=O)CCCN)ccc3n2)cc1. The first-order valence-corrected chi connectivity index (χ1v) is 7.82. The van der Waals surface area contributed by atoms with E-state index >= 15 is 0 Å². The summed E-state index contributed by atoms with van der Waals surface area (Å²) < 4.78 is 7.07. The lowest BCUT2D eigenvalue weighted by Crippen LogP contribution is -2.13. The summed E-state index contributed by atoms with van der Waals surface area (Å²) in [4.78, 5) is 16.4. The number of ether oxygens (including phenoxy) is 1. The molecule has 1 amide bonds. The minimum absolute atomic E-state index is 0.0321. The van der Waals surface area contributed by atoms with Crippen LogP contribution in [0.25, 0.3) is 16.9 Å². The van der Waals surface area contributed by atoms with Crippen LogP contribution in [0.4, 0.5) is 5.69 Å². The van der Waals surface area contributed by atoms with Gasteiger partial charge in [0.05, 0.1) is 18.5 Å². The van der Waals surface area contributed by atoms with Crippen molar-refractivity contribution < 1.29 is 9.53 Å². The number of nitrogens with one attached hydrogen (secondary N) is 1. The van der Waals surface area contributed by atoms with Gasteiger partial charge < -0.3 is 20.2 Å². The first-order valence-electron chi connectivity index (χ1n) is 7.82. The van der Waals surface area contributed by atoms with E-state index in [-0.39, 0.29) is 5.91 Å². The Labute approximate surface area is 140 Å². The topological polar surface area (TPSA) is 81.7 Å². The zero-order valence-corrected chi connectivity index (χ0v) is 13.5. The van der Waals surface area contributed by atoms with Gasteiger partial charge in [0.2, 0.25) is 5.91 Å². The highest BCUT2D eigenvalue weighted by atomic mass is 16.5. The Balaban J connectivity index is 1.81. The number of nitrogens with zero attached hydrogens (tertiary/aromatic N) is 2. The quantitative estimate of drug-likeness (QED) is 0.730. The number of carbonyl (C=O) groups is 1. The molecule has 1 aromatic carbocycles. The molecule has 2 heterocycles. The highest BCUT2D eigenvalue weighted by Crippen LogP contribution is 2.23. The third-order valence-corrected chi connectivity index (χ3v) is 3.73. The summed E-state index contributed by atoms with van der Waals surface area (Å²) >= 11 is 0. The van der Waals surface area contributed by atoms with E-state index in [4.69, 9.17) is 10.5 Å². The number of hydrogen-bond acceptors (Lipinski definition) is 4. The van der Waals surface area contributed by atoms with Gasteiger partial charge in [-0.15, -0.1) is 0 Å².